The second-order valence-electron chi connectivity index (χ2n) is 3.55. The van der Waals surface area contributed by atoms with Gasteiger partial charge in [-0.3, -0.25) is 4.98 Å². The van der Waals surface area contributed by atoms with Gasteiger partial charge in [-0.25, -0.2) is 18.1 Å². The molecule has 0 spiro atoms. The third kappa shape index (κ3) is 2.93. The summed E-state index contributed by atoms with van der Waals surface area (Å²) in [7, 11) is -3.25. The van der Waals surface area contributed by atoms with Crippen LogP contribution in [0.4, 0.5) is 0 Å². The first-order valence-electron chi connectivity index (χ1n) is 5.43. The Morgan fingerprint density at radius 2 is 2.11 bits per heavy atom. The minimum atomic E-state index is -3.25. The van der Waals surface area contributed by atoms with Gasteiger partial charge in [0.2, 0.25) is 10.0 Å². The summed E-state index contributed by atoms with van der Waals surface area (Å²) < 4.78 is 30.5. The molecule has 0 saturated carbocycles. The van der Waals surface area contributed by atoms with E-state index in [0.717, 1.165) is 0 Å². The first-order valence-corrected chi connectivity index (χ1v) is 7.08. The van der Waals surface area contributed by atoms with Crippen LogP contribution in [0.3, 0.4) is 0 Å². The van der Waals surface area contributed by atoms with Crippen LogP contribution < -0.4 is 4.72 Å². The zero-order valence-electron chi connectivity index (χ0n) is 9.83. The Balaban J connectivity index is 2.24. The van der Waals surface area contributed by atoms with Crippen molar-refractivity contribution in [2.45, 2.75) is 13.5 Å². The number of sulfonamides is 1. The van der Waals surface area contributed by atoms with Crippen LogP contribution in [0.15, 0.2) is 35.2 Å². The van der Waals surface area contributed by atoms with Crippen LogP contribution >= 0.6 is 0 Å². The second-order valence-corrected chi connectivity index (χ2v) is 5.65. The van der Waals surface area contributed by atoms with Crippen molar-refractivity contribution in [3.05, 3.63) is 36.5 Å². The summed E-state index contributed by atoms with van der Waals surface area (Å²) in [5.74, 6) is 0.595. The Hall–Kier alpha value is -1.73. The van der Waals surface area contributed by atoms with Gasteiger partial charge in [-0.2, -0.15) is 0 Å². The third-order valence-electron chi connectivity index (χ3n) is 2.37. The molecule has 0 radical (unpaired) electrons. The molecule has 0 aliphatic carbocycles. The lowest BCUT2D eigenvalue weighted by Gasteiger charge is -2.06. The summed E-state index contributed by atoms with van der Waals surface area (Å²) >= 11 is 0. The van der Waals surface area contributed by atoms with E-state index in [4.69, 9.17) is 4.42 Å². The highest BCUT2D eigenvalue weighted by Gasteiger charge is 2.13. The molecule has 2 heterocycles. The van der Waals surface area contributed by atoms with Crippen molar-refractivity contribution in [3.63, 3.8) is 0 Å². The van der Waals surface area contributed by atoms with Crippen molar-refractivity contribution in [2.75, 3.05) is 5.75 Å². The highest BCUT2D eigenvalue weighted by atomic mass is 32.2. The van der Waals surface area contributed by atoms with Gasteiger partial charge in [-0.05, 0) is 19.1 Å². The van der Waals surface area contributed by atoms with Gasteiger partial charge in [0, 0.05) is 12.4 Å². The molecule has 0 aliphatic rings. The van der Waals surface area contributed by atoms with Crippen molar-refractivity contribution in [1.82, 2.24) is 14.7 Å². The number of rotatable bonds is 5. The molecular weight excluding hydrogens is 254 g/mol. The van der Waals surface area contributed by atoms with Crippen LogP contribution in [0.1, 0.15) is 12.6 Å². The maximum atomic E-state index is 11.4. The minimum absolute atomic E-state index is 0.0311. The van der Waals surface area contributed by atoms with Crippen LogP contribution in [0.25, 0.3) is 11.5 Å². The monoisotopic (exact) mass is 267 g/mol. The lowest BCUT2D eigenvalue weighted by Crippen LogP contribution is -2.25. The maximum absolute atomic E-state index is 11.4. The molecule has 0 aromatic carbocycles. The summed E-state index contributed by atoms with van der Waals surface area (Å²) in [6.07, 6.45) is 4.59. The van der Waals surface area contributed by atoms with Gasteiger partial charge in [0.1, 0.15) is 5.69 Å². The van der Waals surface area contributed by atoms with Crippen molar-refractivity contribution in [1.29, 1.82) is 0 Å². The molecular formula is C11H13N3O3S. The lowest BCUT2D eigenvalue weighted by atomic mass is 10.2. The Morgan fingerprint density at radius 3 is 2.78 bits per heavy atom. The average Bonchev–Trinajstić information content (AvgIpc) is 2.91. The summed E-state index contributed by atoms with van der Waals surface area (Å²) in [5, 5.41) is 0. The van der Waals surface area contributed by atoms with Gasteiger partial charge in [-0.1, -0.05) is 0 Å². The molecule has 0 atom stereocenters. The molecule has 18 heavy (non-hydrogen) atoms. The number of hydrogen-bond acceptors (Lipinski definition) is 5. The van der Waals surface area contributed by atoms with Gasteiger partial charge in [0.15, 0.2) is 5.76 Å². The predicted molar refractivity (Wildman–Crippen MR) is 66.0 cm³/mol. The minimum Gasteiger partial charge on any atom is -0.463 e. The Bertz CT molecular complexity index is 608. The topological polar surface area (TPSA) is 85.1 Å². The molecule has 0 bridgehead atoms. The molecule has 0 saturated heterocycles. The van der Waals surface area contributed by atoms with E-state index in [1.165, 1.54) is 18.7 Å². The van der Waals surface area contributed by atoms with Crippen LogP contribution in [0.2, 0.25) is 0 Å². The standard InChI is InChI=1S/C11H13N3O3S/c1-2-18(15,16)14-8-9-11(13-6-5-12-9)10-4-3-7-17-10/h3-7,14H,2,8H2,1H3. The molecule has 96 valence electrons. The molecule has 1 N–H and O–H groups in total. The van der Waals surface area contributed by atoms with Crippen LogP contribution in [0.5, 0.6) is 0 Å². The van der Waals surface area contributed by atoms with Crippen molar-refractivity contribution >= 4 is 10.0 Å². The summed E-state index contributed by atoms with van der Waals surface area (Å²) in [6.45, 7) is 1.67. The SMILES string of the molecule is CCS(=O)(=O)NCc1nccnc1-c1ccco1. The first kappa shape index (κ1) is 12.7. The van der Waals surface area contributed by atoms with Crippen molar-refractivity contribution in [3.8, 4) is 11.5 Å². The van der Waals surface area contributed by atoms with Gasteiger partial charge in [0.25, 0.3) is 0 Å². The Labute approximate surface area is 105 Å². The normalized spacial score (nSPS) is 11.6. The van der Waals surface area contributed by atoms with Gasteiger partial charge in [0.05, 0.1) is 24.3 Å². The predicted octanol–water partition coefficient (Wildman–Crippen LogP) is 1.18. The fraction of sp³-hybridized carbons (Fsp3) is 0.273. The second kappa shape index (κ2) is 5.28. The third-order valence-corrected chi connectivity index (χ3v) is 3.71. The highest BCUT2D eigenvalue weighted by Crippen LogP contribution is 2.19. The van der Waals surface area contributed by atoms with Gasteiger partial charge in [-0.15, -0.1) is 0 Å². The van der Waals surface area contributed by atoms with E-state index in [9.17, 15) is 8.42 Å². The zero-order chi connectivity index (χ0) is 13.0. The summed E-state index contributed by atoms with van der Waals surface area (Å²) in [6, 6.07) is 3.49. The van der Waals surface area contributed by atoms with Gasteiger partial charge < -0.3 is 4.42 Å². The largest absolute Gasteiger partial charge is 0.463 e. The number of aromatic nitrogens is 2. The molecule has 0 aliphatic heterocycles. The molecule has 0 fully saturated rings. The molecule has 2 aromatic heterocycles. The molecule has 2 aromatic rings. The lowest BCUT2D eigenvalue weighted by molar-refractivity contribution is 0.574. The fourth-order valence-electron chi connectivity index (χ4n) is 1.40. The van der Waals surface area contributed by atoms with Crippen molar-refractivity contribution < 1.29 is 12.8 Å². The molecule has 0 amide bonds. The van der Waals surface area contributed by atoms with Gasteiger partial charge >= 0.3 is 0 Å². The smallest absolute Gasteiger partial charge is 0.211 e. The Kier molecular flexibility index (Phi) is 3.73. The Morgan fingerprint density at radius 1 is 1.33 bits per heavy atom. The van der Waals surface area contributed by atoms with E-state index in [-0.39, 0.29) is 12.3 Å². The first-order chi connectivity index (χ1) is 8.62. The highest BCUT2D eigenvalue weighted by molar-refractivity contribution is 7.89. The molecule has 6 nitrogen and oxygen atoms in total. The van der Waals surface area contributed by atoms with E-state index in [0.29, 0.717) is 17.1 Å². The zero-order valence-corrected chi connectivity index (χ0v) is 10.6. The molecule has 2 rings (SSSR count). The van der Waals surface area contributed by atoms with E-state index < -0.39 is 10.0 Å². The van der Waals surface area contributed by atoms with E-state index in [2.05, 4.69) is 14.7 Å². The number of furan rings is 1. The number of hydrogen-bond donors (Lipinski definition) is 1. The average molecular weight is 267 g/mol. The maximum Gasteiger partial charge on any atom is 0.211 e. The summed E-state index contributed by atoms with van der Waals surface area (Å²) in [4.78, 5) is 8.28. The van der Waals surface area contributed by atoms with Crippen molar-refractivity contribution in [2.24, 2.45) is 0 Å². The van der Waals surface area contributed by atoms with E-state index in [1.807, 2.05) is 0 Å². The van der Waals surface area contributed by atoms with Crippen LogP contribution in [-0.4, -0.2) is 24.1 Å². The van der Waals surface area contributed by atoms with E-state index in [1.54, 1.807) is 19.1 Å². The summed E-state index contributed by atoms with van der Waals surface area (Å²) in [5.41, 5.74) is 1.07. The fourth-order valence-corrected chi connectivity index (χ4v) is 1.96. The quantitative estimate of drug-likeness (QED) is 0.879. The molecule has 7 heteroatoms. The van der Waals surface area contributed by atoms with Crippen LogP contribution in [0, 0.1) is 0 Å². The van der Waals surface area contributed by atoms with E-state index >= 15 is 0 Å². The molecule has 0 unspecified atom stereocenters. The number of nitrogens with zero attached hydrogens (tertiary/aromatic N) is 2. The number of nitrogens with one attached hydrogen (secondary N) is 1. The van der Waals surface area contributed by atoms with Crippen LogP contribution in [-0.2, 0) is 16.6 Å².